The van der Waals surface area contributed by atoms with E-state index in [1.165, 1.54) is 0 Å². The van der Waals surface area contributed by atoms with Gasteiger partial charge in [0.2, 0.25) is 6.41 Å². The highest BCUT2D eigenvalue weighted by molar-refractivity contribution is 7.98. The highest BCUT2D eigenvalue weighted by Crippen LogP contribution is 2.05. The summed E-state index contributed by atoms with van der Waals surface area (Å²) in [7, 11) is 0. The van der Waals surface area contributed by atoms with E-state index in [-0.39, 0.29) is 12.6 Å². The fourth-order valence-corrected chi connectivity index (χ4v) is 1.89. The average Bonchev–Trinajstić information content (AvgIpc) is 2.42. The van der Waals surface area contributed by atoms with Crippen LogP contribution in [0.25, 0.3) is 0 Å². The van der Waals surface area contributed by atoms with Crippen LogP contribution in [0.1, 0.15) is 12.0 Å². The van der Waals surface area contributed by atoms with Gasteiger partial charge in [-0.2, -0.15) is 11.8 Å². The van der Waals surface area contributed by atoms with Crippen molar-refractivity contribution < 1.29 is 14.3 Å². The van der Waals surface area contributed by atoms with E-state index in [2.05, 4.69) is 5.32 Å². The molecular formula is C13H17NO3S. The Morgan fingerprint density at radius 3 is 2.78 bits per heavy atom. The molecule has 0 aliphatic rings. The van der Waals surface area contributed by atoms with E-state index in [1.54, 1.807) is 11.8 Å². The van der Waals surface area contributed by atoms with Crippen molar-refractivity contribution in [3.05, 3.63) is 35.9 Å². The van der Waals surface area contributed by atoms with Crippen LogP contribution in [0, 0.1) is 0 Å². The predicted octanol–water partition coefficient (Wildman–Crippen LogP) is 1.60. The molecule has 18 heavy (non-hydrogen) atoms. The van der Waals surface area contributed by atoms with E-state index >= 15 is 0 Å². The number of ether oxygens (including phenoxy) is 1. The van der Waals surface area contributed by atoms with Crippen molar-refractivity contribution in [2.75, 3.05) is 12.0 Å². The van der Waals surface area contributed by atoms with Gasteiger partial charge < -0.3 is 10.1 Å². The Balaban J connectivity index is 2.43. The quantitative estimate of drug-likeness (QED) is 0.574. The highest BCUT2D eigenvalue weighted by atomic mass is 32.2. The smallest absolute Gasteiger partial charge is 0.328 e. The molecule has 1 aromatic rings. The van der Waals surface area contributed by atoms with Gasteiger partial charge in [-0.25, -0.2) is 4.79 Å². The molecule has 0 aliphatic heterocycles. The molecule has 1 rings (SSSR count). The van der Waals surface area contributed by atoms with Crippen LogP contribution in [-0.2, 0) is 20.9 Å². The summed E-state index contributed by atoms with van der Waals surface area (Å²) in [5, 5.41) is 2.49. The van der Waals surface area contributed by atoms with Gasteiger partial charge in [-0.05, 0) is 24.0 Å². The second-order valence-electron chi connectivity index (χ2n) is 3.71. The molecule has 5 heteroatoms. The second kappa shape index (κ2) is 8.58. The number of benzene rings is 1. The molecule has 4 nitrogen and oxygen atoms in total. The van der Waals surface area contributed by atoms with E-state index in [0.29, 0.717) is 12.8 Å². The van der Waals surface area contributed by atoms with E-state index < -0.39 is 6.04 Å². The van der Waals surface area contributed by atoms with Crippen LogP contribution in [0.5, 0.6) is 0 Å². The van der Waals surface area contributed by atoms with Crippen LogP contribution in [-0.4, -0.2) is 30.4 Å². The maximum absolute atomic E-state index is 11.8. The van der Waals surface area contributed by atoms with E-state index in [0.717, 1.165) is 11.3 Å². The summed E-state index contributed by atoms with van der Waals surface area (Å²) in [5.41, 5.74) is 0.931. The van der Waals surface area contributed by atoms with Gasteiger partial charge >= 0.3 is 5.97 Å². The van der Waals surface area contributed by atoms with E-state index in [1.807, 2.05) is 36.6 Å². The third-order valence-electron chi connectivity index (χ3n) is 2.39. The zero-order valence-corrected chi connectivity index (χ0v) is 11.1. The molecule has 1 amide bonds. The summed E-state index contributed by atoms with van der Waals surface area (Å²) in [6.07, 6.45) is 3.07. The fraction of sp³-hybridized carbons (Fsp3) is 0.385. The third kappa shape index (κ3) is 5.23. The van der Waals surface area contributed by atoms with Crippen LogP contribution in [0.4, 0.5) is 0 Å². The second-order valence-corrected chi connectivity index (χ2v) is 4.70. The predicted molar refractivity (Wildman–Crippen MR) is 72.2 cm³/mol. The number of hydrogen-bond acceptors (Lipinski definition) is 4. The molecule has 1 aromatic carbocycles. The molecule has 0 aliphatic carbocycles. The van der Waals surface area contributed by atoms with Gasteiger partial charge in [0.1, 0.15) is 12.6 Å². The SMILES string of the molecule is CSCC[C@H](NC=O)C(=O)OCc1ccccc1. The minimum absolute atomic E-state index is 0.232. The van der Waals surface area contributed by atoms with Crippen LogP contribution in [0.2, 0.25) is 0 Å². The van der Waals surface area contributed by atoms with Crippen LogP contribution < -0.4 is 5.32 Å². The summed E-state index contributed by atoms with van der Waals surface area (Å²) in [6, 6.07) is 8.89. The van der Waals surface area contributed by atoms with Gasteiger partial charge in [0.25, 0.3) is 0 Å². The third-order valence-corrected chi connectivity index (χ3v) is 3.03. The van der Waals surface area contributed by atoms with Crippen molar-refractivity contribution in [1.82, 2.24) is 5.32 Å². The van der Waals surface area contributed by atoms with Crippen LogP contribution >= 0.6 is 11.8 Å². The Morgan fingerprint density at radius 2 is 2.17 bits per heavy atom. The van der Waals surface area contributed by atoms with Gasteiger partial charge in [-0.3, -0.25) is 4.79 Å². The number of hydrogen-bond donors (Lipinski definition) is 1. The molecular weight excluding hydrogens is 250 g/mol. The van der Waals surface area contributed by atoms with Crippen molar-refractivity contribution in [2.45, 2.75) is 19.1 Å². The van der Waals surface area contributed by atoms with Crippen LogP contribution in [0.3, 0.4) is 0 Å². The Hall–Kier alpha value is -1.49. The lowest BCUT2D eigenvalue weighted by molar-refractivity contribution is -0.148. The zero-order chi connectivity index (χ0) is 13.2. The maximum Gasteiger partial charge on any atom is 0.328 e. The molecule has 0 unspecified atom stereocenters. The first-order valence-corrected chi connectivity index (χ1v) is 7.06. The largest absolute Gasteiger partial charge is 0.459 e. The maximum atomic E-state index is 11.8. The molecule has 0 fully saturated rings. The first-order chi connectivity index (χ1) is 8.77. The Labute approximate surface area is 111 Å². The summed E-state index contributed by atoms with van der Waals surface area (Å²) in [5.74, 6) is 0.409. The Kier molecular flexibility index (Phi) is 6.94. The summed E-state index contributed by atoms with van der Waals surface area (Å²) >= 11 is 1.62. The molecule has 0 saturated heterocycles. The Bertz CT molecular complexity index is 370. The lowest BCUT2D eigenvalue weighted by atomic mass is 10.2. The van der Waals surface area contributed by atoms with Gasteiger partial charge in [-0.15, -0.1) is 0 Å². The number of nitrogens with one attached hydrogen (secondary N) is 1. The Morgan fingerprint density at radius 1 is 1.44 bits per heavy atom. The number of rotatable bonds is 8. The molecule has 98 valence electrons. The minimum atomic E-state index is -0.557. The van der Waals surface area contributed by atoms with Gasteiger partial charge in [0.05, 0.1) is 0 Å². The van der Waals surface area contributed by atoms with Crippen molar-refractivity contribution in [3.8, 4) is 0 Å². The van der Waals surface area contributed by atoms with E-state index in [4.69, 9.17) is 4.74 Å². The van der Waals surface area contributed by atoms with E-state index in [9.17, 15) is 9.59 Å². The highest BCUT2D eigenvalue weighted by Gasteiger charge is 2.18. The number of carbonyl (C=O) groups excluding carboxylic acids is 2. The molecule has 0 heterocycles. The van der Waals surface area contributed by atoms with Gasteiger partial charge in [0, 0.05) is 0 Å². The standard InChI is InChI=1S/C13H17NO3S/c1-18-8-7-12(14-10-15)13(16)17-9-11-5-3-2-4-6-11/h2-6,10,12H,7-9H2,1H3,(H,14,15)/t12-/m0/s1. The van der Waals surface area contributed by atoms with Crippen molar-refractivity contribution in [3.63, 3.8) is 0 Å². The molecule has 0 bridgehead atoms. The first-order valence-electron chi connectivity index (χ1n) is 5.67. The first kappa shape index (κ1) is 14.6. The van der Waals surface area contributed by atoms with Crippen molar-refractivity contribution in [2.24, 2.45) is 0 Å². The molecule has 0 saturated carbocycles. The number of amides is 1. The summed E-state index contributed by atoms with van der Waals surface area (Å²) in [6.45, 7) is 0.232. The monoisotopic (exact) mass is 267 g/mol. The lowest BCUT2D eigenvalue weighted by Crippen LogP contribution is -2.37. The minimum Gasteiger partial charge on any atom is -0.459 e. The average molecular weight is 267 g/mol. The topological polar surface area (TPSA) is 55.4 Å². The molecule has 1 atom stereocenters. The number of carbonyl (C=O) groups is 2. The molecule has 1 N–H and O–H groups in total. The van der Waals surface area contributed by atoms with Crippen molar-refractivity contribution >= 4 is 24.1 Å². The van der Waals surface area contributed by atoms with Crippen molar-refractivity contribution in [1.29, 1.82) is 0 Å². The van der Waals surface area contributed by atoms with Gasteiger partial charge in [-0.1, -0.05) is 30.3 Å². The van der Waals surface area contributed by atoms with Gasteiger partial charge in [0.15, 0.2) is 0 Å². The number of esters is 1. The summed E-state index contributed by atoms with van der Waals surface area (Å²) < 4.78 is 5.17. The fourth-order valence-electron chi connectivity index (χ4n) is 1.42. The zero-order valence-electron chi connectivity index (χ0n) is 10.3. The normalized spacial score (nSPS) is 11.6. The lowest BCUT2D eigenvalue weighted by Gasteiger charge is -2.14. The number of thioether (sulfide) groups is 1. The molecule has 0 radical (unpaired) electrons. The molecule has 0 aromatic heterocycles. The molecule has 0 spiro atoms. The summed E-state index contributed by atoms with van der Waals surface area (Å²) in [4.78, 5) is 22.2. The van der Waals surface area contributed by atoms with Crippen LogP contribution in [0.15, 0.2) is 30.3 Å².